The third-order valence-electron chi connectivity index (χ3n) is 12.4. The molecule has 2 atom stereocenters. The Morgan fingerprint density at radius 2 is 0.754 bits per heavy atom. The van der Waals surface area contributed by atoms with Crippen molar-refractivity contribution in [3.63, 3.8) is 0 Å². The molecule has 0 saturated heterocycles. The van der Waals surface area contributed by atoms with E-state index in [2.05, 4.69) is 245 Å². The van der Waals surface area contributed by atoms with Crippen LogP contribution in [0.5, 0.6) is 0 Å². The molecule has 1 aliphatic heterocycles. The maximum atomic E-state index is 5.56. The lowest BCUT2D eigenvalue weighted by Crippen LogP contribution is -2.30. The van der Waals surface area contributed by atoms with Gasteiger partial charge in [0.25, 0.3) is 0 Å². The maximum Gasteiger partial charge on any atom is 0.148 e. The highest BCUT2D eigenvalue weighted by atomic mass is 15.3. The molecule has 3 heterocycles. The van der Waals surface area contributed by atoms with Gasteiger partial charge in [-0.05, 0) is 101 Å². The molecular formula is C57H40N4. The molecule has 4 nitrogen and oxygen atoms in total. The Kier molecular flexibility index (Phi) is 8.27. The van der Waals surface area contributed by atoms with Crippen LogP contribution in [-0.2, 0) is 0 Å². The van der Waals surface area contributed by atoms with E-state index in [0.717, 1.165) is 28.2 Å². The molecule has 2 unspecified atom stereocenters. The van der Waals surface area contributed by atoms with Gasteiger partial charge < -0.3 is 14.0 Å². The molecule has 12 rings (SSSR count). The Bertz CT molecular complexity index is 3400. The summed E-state index contributed by atoms with van der Waals surface area (Å²) in [5.41, 5.74) is 15.2. The lowest BCUT2D eigenvalue weighted by molar-refractivity contribution is 0.669. The number of rotatable bonds is 7. The molecule has 11 aromatic rings. The van der Waals surface area contributed by atoms with Gasteiger partial charge in [-0.3, -0.25) is 4.99 Å². The van der Waals surface area contributed by atoms with Crippen molar-refractivity contribution < 1.29 is 0 Å². The van der Waals surface area contributed by atoms with Crippen LogP contribution in [0.3, 0.4) is 0 Å². The molecule has 0 spiro atoms. The summed E-state index contributed by atoms with van der Waals surface area (Å²) in [6.07, 6.45) is -0.211. The summed E-state index contributed by atoms with van der Waals surface area (Å²) in [7, 11) is 0. The van der Waals surface area contributed by atoms with Gasteiger partial charge in [0, 0.05) is 38.6 Å². The van der Waals surface area contributed by atoms with Crippen LogP contribution in [-0.4, -0.2) is 14.8 Å². The maximum absolute atomic E-state index is 5.56. The molecule has 0 amide bonds. The molecule has 4 heteroatoms. The number of benzene rings is 9. The van der Waals surface area contributed by atoms with E-state index >= 15 is 0 Å². The normalized spacial score (nSPS) is 15.3. The van der Waals surface area contributed by atoms with Gasteiger partial charge in [-0.25, -0.2) is 0 Å². The SMILES string of the molecule is c1ccc(C2=NC(c3ccc(-n4c5ccccc5c5cc(-c6ccc7c(c6)c6ccccc6n7-c6ccccc6)ccc54)cc3)N(c3ccccc3)C2c2ccccc2)cc1. The average molecular weight is 781 g/mol. The van der Waals surface area contributed by atoms with E-state index in [4.69, 9.17) is 4.99 Å². The molecule has 0 bridgehead atoms. The first-order valence-corrected chi connectivity index (χ1v) is 21.0. The van der Waals surface area contributed by atoms with Crippen LogP contribution in [0.15, 0.2) is 236 Å². The fourth-order valence-electron chi connectivity index (χ4n) is 9.69. The third kappa shape index (κ3) is 5.79. The van der Waals surface area contributed by atoms with Gasteiger partial charge in [0.05, 0.1) is 33.8 Å². The quantitative estimate of drug-likeness (QED) is 0.158. The summed E-state index contributed by atoms with van der Waals surface area (Å²) in [6.45, 7) is 0. The van der Waals surface area contributed by atoms with Crippen molar-refractivity contribution in [1.29, 1.82) is 0 Å². The molecule has 61 heavy (non-hydrogen) atoms. The van der Waals surface area contributed by atoms with Crippen LogP contribution in [0, 0.1) is 0 Å². The number of aliphatic imine (C=N–C) groups is 1. The minimum absolute atomic E-state index is 0.0505. The zero-order chi connectivity index (χ0) is 40.3. The molecule has 0 saturated carbocycles. The number of para-hydroxylation sites is 4. The van der Waals surface area contributed by atoms with Gasteiger partial charge in [-0.1, -0.05) is 158 Å². The number of hydrogen-bond donors (Lipinski definition) is 0. The topological polar surface area (TPSA) is 25.5 Å². The number of hydrogen-bond acceptors (Lipinski definition) is 2. The molecular weight excluding hydrogens is 741 g/mol. The Labute approximate surface area is 354 Å². The van der Waals surface area contributed by atoms with Crippen LogP contribution in [0.4, 0.5) is 5.69 Å². The number of anilines is 1. The van der Waals surface area contributed by atoms with Crippen molar-refractivity contribution in [2.24, 2.45) is 4.99 Å². The molecule has 0 aliphatic carbocycles. The smallest absolute Gasteiger partial charge is 0.148 e. The molecule has 2 aromatic heterocycles. The number of nitrogens with zero attached hydrogens (tertiary/aromatic N) is 4. The average Bonchev–Trinajstić information content (AvgIpc) is 4.01. The van der Waals surface area contributed by atoms with E-state index in [9.17, 15) is 0 Å². The first-order valence-electron chi connectivity index (χ1n) is 21.0. The minimum Gasteiger partial charge on any atom is -0.333 e. The summed E-state index contributed by atoms with van der Waals surface area (Å²) in [5, 5.41) is 4.98. The molecule has 0 radical (unpaired) electrons. The number of fused-ring (bicyclic) bond motifs is 6. The van der Waals surface area contributed by atoms with Crippen LogP contribution < -0.4 is 4.90 Å². The van der Waals surface area contributed by atoms with Gasteiger partial charge in [0.2, 0.25) is 0 Å². The molecule has 9 aromatic carbocycles. The minimum atomic E-state index is -0.211. The van der Waals surface area contributed by atoms with Crippen LogP contribution >= 0.6 is 0 Å². The highest BCUT2D eigenvalue weighted by molar-refractivity contribution is 6.13. The largest absolute Gasteiger partial charge is 0.333 e. The van der Waals surface area contributed by atoms with E-state index in [1.807, 2.05) is 0 Å². The second-order valence-corrected chi connectivity index (χ2v) is 15.9. The lowest BCUT2D eigenvalue weighted by Gasteiger charge is -2.33. The fourth-order valence-corrected chi connectivity index (χ4v) is 9.69. The highest BCUT2D eigenvalue weighted by Gasteiger charge is 2.39. The first kappa shape index (κ1) is 35.0. The predicted octanol–water partition coefficient (Wildman–Crippen LogP) is 14.3. The molecule has 0 fully saturated rings. The van der Waals surface area contributed by atoms with Crippen molar-refractivity contribution in [3.05, 3.63) is 247 Å². The van der Waals surface area contributed by atoms with E-state index in [1.54, 1.807) is 0 Å². The van der Waals surface area contributed by atoms with Crippen molar-refractivity contribution in [2.45, 2.75) is 12.2 Å². The lowest BCUT2D eigenvalue weighted by atomic mass is 9.95. The monoisotopic (exact) mass is 780 g/mol. The van der Waals surface area contributed by atoms with Gasteiger partial charge in [0.1, 0.15) is 6.17 Å². The van der Waals surface area contributed by atoms with Crippen LogP contribution in [0.2, 0.25) is 0 Å². The van der Waals surface area contributed by atoms with Crippen molar-refractivity contribution in [3.8, 4) is 22.5 Å². The highest BCUT2D eigenvalue weighted by Crippen LogP contribution is 2.45. The van der Waals surface area contributed by atoms with E-state index in [1.165, 1.54) is 66.0 Å². The second kappa shape index (κ2) is 14.4. The standard InChI is InChI=1S/C57H40N4/c1-5-17-39(18-6-1)55-56(40-19-7-2-8-20-40)61(45-23-11-4-12-24-45)57(58-55)41-29-33-46(34-30-41)60-52-28-16-14-26-48(52)50-38-43(32-36-54(50)60)42-31-35-53-49(37-42)47-25-13-15-27-51(47)59(53)44-21-9-3-10-22-44/h1-38,56-57H. The summed E-state index contributed by atoms with van der Waals surface area (Å²) < 4.78 is 4.78. The second-order valence-electron chi connectivity index (χ2n) is 15.9. The summed E-state index contributed by atoms with van der Waals surface area (Å²) in [5.74, 6) is 0. The van der Waals surface area contributed by atoms with Gasteiger partial charge >= 0.3 is 0 Å². The zero-order valence-corrected chi connectivity index (χ0v) is 33.4. The summed E-state index contributed by atoms with van der Waals surface area (Å²) >= 11 is 0. The van der Waals surface area contributed by atoms with Crippen molar-refractivity contribution in [1.82, 2.24) is 9.13 Å². The molecule has 1 aliphatic rings. The Morgan fingerprint density at radius 3 is 1.31 bits per heavy atom. The van der Waals surface area contributed by atoms with Crippen molar-refractivity contribution in [2.75, 3.05) is 4.90 Å². The van der Waals surface area contributed by atoms with Crippen LogP contribution in [0.1, 0.15) is 28.9 Å². The first-order chi connectivity index (χ1) is 30.3. The van der Waals surface area contributed by atoms with Crippen molar-refractivity contribution >= 4 is 55.0 Å². The van der Waals surface area contributed by atoms with Crippen LogP contribution in [0.25, 0.3) is 66.1 Å². The summed E-state index contributed by atoms with van der Waals surface area (Å²) in [6, 6.07) is 83.2. The Hall–Kier alpha value is -7.95. The zero-order valence-electron chi connectivity index (χ0n) is 33.4. The van der Waals surface area contributed by atoms with E-state index in [-0.39, 0.29) is 12.2 Å². The van der Waals surface area contributed by atoms with Gasteiger partial charge in [0.15, 0.2) is 0 Å². The van der Waals surface area contributed by atoms with E-state index < -0.39 is 0 Å². The fraction of sp³-hybridized carbons (Fsp3) is 0.0351. The van der Waals surface area contributed by atoms with Gasteiger partial charge in [-0.15, -0.1) is 0 Å². The van der Waals surface area contributed by atoms with E-state index in [0.29, 0.717) is 0 Å². The van der Waals surface area contributed by atoms with Gasteiger partial charge in [-0.2, -0.15) is 0 Å². The Morgan fingerprint density at radius 1 is 0.311 bits per heavy atom. The summed E-state index contributed by atoms with van der Waals surface area (Å²) in [4.78, 5) is 8.04. The number of aromatic nitrogens is 2. The third-order valence-corrected chi connectivity index (χ3v) is 12.4. The molecule has 288 valence electrons. The predicted molar refractivity (Wildman–Crippen MR) is 254 cm³/mol. The Balaban J connectivity index is 0.957. The molecule has 0 N–H and O–H groups in total.